The van der Waals surface area contributed by atoms with Crippen LogP contribution in [0.3, 0.4) is 0 Å². The highest BCUT2D eigenvalue weighted by molar-refractivity contribution is 7.00. The van der Waals surface area contributed by atoms with Crippen LogP contribution in [-0.2, 0) is 23.7 Å². The molecule has 0 spiro atoms. The molecule has 0 radical (unpaired) electrons. The zero-order valence-corrected chi connectivity index (χ0v) is 56.3. The van der Waals surface area contributed by atoms with Crippen LogP contribution in [0.1, 0.15) is 116 Å². The van der Waals surface area contributed by atoms with Crippen molar-refractivity contribution in [1.82, 2.24) is 9.13 Å². The van der Waals surface area contributed by atoms with Gasteiger partial charge in [0.25, 0.3) is 6.71 Å². The van der Waals surface area contributed by atoms with E-state index in [1.165, 1.54) is 150 Å². The van der Waals surface area contributed by atoms with Crippen molar-refractivity contribution in [3.8, 4) is 44.8 Å². The van der Waals surface area contributed by atoms with Crippen molar-refractivity contribution in [1.29, 1.82) is 0 Å². The summed E-state index contributed by atoms with van der Waals surface area (Å²) in [6, 6.07) is 100. The van der Waals surface area contributed by atoms with Gasteiger partial charge in [-0.2, -0.15) is 0 Å². The third-order valence-electron chi connectivity index (χ3n) is 20.6. The molecule has 2 aliphatic rings. The number of hydrogen-bond acceptors (Lipinski definition) is 2. The van der Waals surface area contributed by atoms with Crippen LogP contribution in [0.25, 0.3) is 88.4 Å². The summed E-state index contributed by atoms with van der Waals surface area (Å²) >= 11 is 0. The van der Waals surface area contributed by atoms with Crippen molar-refractivity contribution in [2.45, 2.75) is 118 Å². The van der Waals surface area contributed by atoms with Crippen LogP contribution in [-0.4, -0.2) is 15.8 Å². The topological polar surface area (TPSA) is 16.3 Å². The van der Waals surface area contributed by atoms with Gasteiger partial charge in [-0.25, -0.2) is 0 Å². The first-order chi connectivity index (χ1) is 46.4. The summed E-state index contributed by atoms with van der Waals surface area (Å²) in [5.74, 6) is 0. The zero-order valence-electron chi connectivity index (χ0n) is 56.3. The lowest BCUT2D eigenvalue weighted by molar-refractivity contribution is 0.590. The van der Waals surface area contributed by atoms with Crippen LogP contribution >= 0.6 is 0 Å². The number of rotatable bonds is 15. The number of unbranched alkanes of at least 4 members (excludes halogenated alkanes) is 4. The highest BCUT2D eigenvalue weighted by Crippen LogP contribution is 2.54. The molecule has 14 aromatic rings. The van der Waals surface area contributed by atoms with Gasteiger partial charge in [0.2, 0.25) is 0 Å². The minimum absolute atomic E-state index is 0.157. The first-order valence-corrected chi connectivity index (χ1v) is 34.9. The minimum Gasteiger partial charge on any atom is -0.311 e. The zero-order chi connectivity index (χ0) is 64.7. The van der Waals surface area contributed by atoms with Crippen LogP contribution in [0, 0.1) is 0 Å². The fraction of sp³-hybridized carbons (Fsp3) is 0.200. The highest BCUT2D eigenvalue weighted by atomic mass is 15.2. The Morgan fingerprint density at radius 3 is 1.06 bits per heavy atom. The second kappa shape index (κ2) is 24.0. The molecule has 0 fully saturated rings. The Kier molecular flexibility index (Phi) is 15.2. The van der Waals surface area contributed by atoms with E-state index in [9.17, 15) is 0 Å². The Hall–Kier alpha value is -10.1. The van der Waals surface area contributed by atoms with E-state index in [0.717, 1.165) is 62.7 Å². The van der Waals surface area contributed by atoms with Crippen molar-refractivity contribution in [2.24, 2.45) is 0 Å². The Labute approximate surface area is 561 Å². The summed E-state index contributed by atoms with van der Waals surface area (Å²) in [4.78, 5) is 5.58. The molecule has 0 atom stereocenters. The fourth-order valence-electron chi connectivity index (χ4n) is 15.9. The molecular weight excluding hydrogens is 1150 g/mol. The normalized spacial score (nSPS) is 12.9. The van der Waals surface area contributed by atoms with E-state index in [1.807, 2.05) is 0 Å². The number of aryl methyl sites for hydroxylation is 2. The molecule has 4 nitrogen and oxygen atoms in total. The third kappa shape index (κ3) is 10.3. The quantitative estimate of drug-likeness (QED) is 0.0751. The van der Waals surface area contributed by atoms with Crippen LogP contribution in [0.2, 0.25) is 0 Å². The highest BCUT2D eigenvalue weighted by Gasteiger charge is 2.46. The largest absolute Gasteiger partial charge is 0.311 e. The predicted molar refractivity (Wildman–Crippen MR) is 409 cm³/mol. The Balaban J connectivity index is 1.08. The first-order valence-electron chi connectivity index (χ1n) is 34.9. The van der Waals surface area contributed by atoms with Gasteiger partial charge in [0.15, 0.2) is 0 Å². The second-order valence-electron chi connectivity index (χ2n) is 28.8. The molecule has 4 heterocycles. The van der Waals surface area contributed by atoms with Crippen LogP contribution in [0.15, 0.2) is 261 Å². The number of anilines is 6. The molecule has 16 rings (SSSR count). The molecule has 466 valence electrons. The van der Waals surface area contributed by atoms with E-state index in [4.69, 9.17) is 0 Å². The average Bonchev–Trinajstić information content (AvgIpc) is 1.42. The molecule has 0 unspecified atom stereocenters. The third-order valence-corrected chi connectivity index (χ3v) is 20.6. The van der Waals surface area contributed by atoms with Gasteiger partial charge < -0.3 is 18.9 Å². The van der Waals surface area contributed by atoms with Gasteiger partial charge in [-0.15, -0.1) is 0 Å². The maximum Gasteiger partial charge on any atom is 0.252 e. The molecule has 0 bridgehead atoms. The summed E-state index contributed by atoms with van der Waals surface area (Å²) in [6.07, 6.45) is 8.76. The van der Waals surface area contributed by atoms with Gasteiger partial charge >= 0.3 is 0 Å². The van der Waals surface area contributed by atoms with Crippen molar-refractivity contribution in [2.75, 3.05) is 9.80 Å². The van der Waals surface area contributed by atoms with E-state index in [2.05, 4.69) is 335 Å². The molecule has 5 heteroatoms. The van der Waals surface area contributed by atoms with Crippen molar-refractivity contribution in [3.05, 3.63) is 283 Å². The van der Waals surface area contributed by atoms with Crippen LogP contribution in [0.4, 0.5) is 34.1 Å². The van der Waals surface area contributed by atoms with Gasteiger partial charge in [-0.1, -0.05) is 257 Å². The molecule has 2 aliphatic heterocycles. The number of fused-ring (bicyclic) bond motifs is 10. The van der Waals surface area contributed by atoms with Gasteiger partial charge in [0, 0.05) is 66.8 Å². The molecule has 95 heavy (non-hydrogen) atoms. The van der Waals surface area contributed by atoms with Crippen molar-refractivity contribution >= 4 is 101 Å². The molecule has 2 aromatic heterocycles. The molecule has 0 N–H and O–H groups in total. The lowest BCUT2D eigenvalue weighted by Gasteiger charge is -2.47. The van der Waals surface area contributed by atoms with Crippen LogP contribution < -0.4 is 26.2 Å². The second-order valence-corrected chi connectivity index (χ2v) is 28.8. The Morgan fingerprint density at radius 1 is 0.316 bits per heavy atom. The Bertz CT molecular complexity index is 5050. The predicted octanol–water partition coefficient (Wildman–Crippen LogP) is 23.0. The SMILES string of the molecule is CCCCCc1cc(-c2ccccc2)cc(CCCCC)c1N1c2cc(-n3c4ccccc4c4ccccc43)ccc2B2c3ccc(-n4c5ccccc5c5ccccc54)cc3N(c3c(-c4ccccc4)cc(C(C)(C)C)cc3-c3ccccc3)c3cc(C(C)(C)C)cc1c32. The number of aromatic nitrogens is 2. The number of para-hydroxylation sites is 4. The lowest BCUT2D eigenvalue weighted by atomic mass is 9.33. The minimum atomic E-state index is -0.264. The molecule has 12 aromatic carbocycles. The number of benzene rings is 12. The average molecular weight is 1230 g/mol. The summed E-state index contributed by atoms with van der Waals surface area (Å²) in [6.45, 7) is 18.9. The maximum absolute atomic E-state index is 2.82. The molecule has 0 saturated heterocycles. The smallest absolute Gasteiger partial charge is 0.252 e. The van der Waals surface area contributed by atoms with E-state index >= 15 is 0 Å². The number of nitrogens with zero attached hydrogens (tertiary/aromatic N) is 4. The van der Waals surface area contributed by atoms with Gasteiger partial charge in [-0.3, -0.25) is 0 Å². The molecule has 0 saturated carbocycles. The maximum atomic E-state index is 2.82. The van der Waals surface area contributed by atoms with Crippen molar-refractivity contribution in [3.63, 3.8) is 0 Å². The fourth-order valence-corrected chi connectivity index (χ4v) is 15.9. The number of hydrogen-bond donors (Lipinski definition) is 0. The van der Waals surface area contributed by atoms with Crippen LogP contribution in [0.5, 0.6) is 0 Å². The summed E-state index contributed by atoms with van der Waals surface area (Å²) in [7, 11) is 0. The van der Waals surface area contributed by atoms with E-state index in [-0.39, 0.29) is 17.5 Å². The molecule has 0 amide bonds. The molecular formula is C90H83BN4. The van der Waals surface area contributed by atoms with Gasteiger partial charge in [-0.05, 0) is 182 Å². The van der Waals surface area contributed by atoms with Gasteiger partial charge in [0.05, 0.1) is 33.4 Å². The van der Waals surface area contributed by atoms with E-state index < -0.39 is 0 Å². The van der Waals surface area contributed by atoms with E-state index in [1.54, 1.807) is 0 Å². The summed E-state index contributed by atoms with van der Waals surface area (Å²) in [5, 5.41) is 5.02. The van der Waals surface area contributed by atoms with Gasteiger partial charge in [0.1, 0.15) is 0 Å². The summed E-state index contributed by atoms with van der Waals surface area (Å²) < 4.78 is 5.05. The lowest BCUT2D eigenvalue weighted by Crippen LogP contribution is -2.61. The van der Waals surface area contributed by atoms with E-state index in [0.29, 0.717) is 0 Å². The molecule has 0 aliphatic carbocycles. The monoisotopic (exact) mass is 1230 g/mol. The standard InChI is InChI=1S/C90H83BN4/c1-9-11-16-38-63-52-65(60-32-18-13-19-33-60)53-64(39-17-12-10-2)87(63)94-82-58-68(92-78-44-28-24-40-70(78)71-41-25-29-45-79(71)92)48-50-76(82)91-77-51-49-69(93-80-46-30-26-42-72(80)73-43-27-31-47-81(73)93)59-83(77)95(85-57-67(90(6,7)8)56-84(94)86(85)91)88-74(61-34-20-14-21-35-61)54-66(89(3,4)5)55-75(88)62-36-22-15-23-37-62/h13-15,18-37,40-59H,9-12,16-17,38-39H2,1-8H3. The van der Waals surface area contributed by atoms with Crippen molar-refractivity contribution < 1.29 is 0 Å². The first kappa shape index (κ1) is 59.9. The Morgan fingerprint density at radius 2 is 0.674 bits per heavy atom. The summed E-state index contributed by atoms with van der Waals surface area (Å²) in [5.41, 5.74) is 30.7.